The van der Waals surface area contributed by atoms with Crippen LogP contribution in [0.2, 0.25) is 0 Å². The average molecular weight is 287 g/mol. The third-order valence-electron chi connectivity index (χ3n) is 3.48. The molecule has 1 aromatic heterocycles. The van der Waals surface area contributed by atoms with Gasteiger partial charge in [0.05, 0.1) is 23.1 Å². The van der Waals surface area contributed by atoms with E-state index in [1.807, 2.05) is 52.0 Å². The Morgan fingerprint density at radius 3 is 2.33 bits per heavy atom. The van der Waals surface area contributed by atoms with Gasteiger partial charge in [0.15, 0.2) is 0 Å². The summed E-state index contributed by atoms with van der Waals surface area (Å²) >= 11 is 0. The fourth-order valence-electron chi connectivity index (χ4n) is 2.14. The van der Waals surface area contributed by atoms with Crippen molar-refractivity contribution in [3.8, 4) is 0 Å². The monoisotopic (exact) mass is 287 g/mol. The molecule has 2 aromatic rings. The standard InChI is InChI=1S/C16H21N3O2/c1-10-15(18-12-8-6-5-7-11(12)17-10)19-13(9-14(20)21)16(2,3)4/h5-8,13H,9H2,1-4H3,(H,18,19)(H,20,21). The van der Waals surface area contributed by atoms with Crippen molar-refractivity contribution in [1.29, 1.82) is 0 Å². The molecule has 0 bridgehead atoms. The van der Waals surface area contributed by atoms with Gasteiger partial charge in [-0.3, -0.25) is 4.79 Å². The number of fused-ring (bicyclic) bond motifs is 1. The van der Waals surface area contributed by atoms with Crippen molar-refractivity contribution < 1.29 is 9.90 Å². The van der Waals surface area contributed by atoms with Crippen LogP contribution >= 0.6 is 0 Å². The number of rotatable bonds is 4. The van der Waals surface area contributed by atoms with Gasteiger partial charge >= 0.3 is 5.97 Å². The van der Waals surface area contributed by atoms with Crippen molar-refractivity contribution in [3.63, 3.8) is 0 Å². The summed E-state index contributed by atoms with van der Waals surface area (Å²) in [6.45, 7) is 7.91. The third kappa shape index (κ3) is 3.68. The van der Waals surface area contributed by atoms with Crippen LogP contribution in [-0.4, -0.2) is 27.1 Å². The molecule has 0 fully saturated rings. The van der Waals surface area contributed by atoms with E-state index in [-0.39, 0.29) is 17.9 Å². The third-order valence-corrected chi connectivity index (χ3v) is 3.48. The van der Waals surface area contributed by atoms with Crippen LogP contribution in [0.15, 0.2) is 24.3 Å². The van der Waals surface area contributed by atoms with Gasteiger partial charge in [-0.25, -0.2) is 9.97 Å². The molecule has 0 amide bonds. The van der Waals surface area contributed by atoms with E-state index in [0.717, 1.165) is 16.7 Å². The highest BCUT2D eigenvalue weighted by atomic mass is 16.4. The largest absolute Gasteiger partial charge is 0.481 e. The van der Waals surface area contributed by atoms with E-state index in [2.05, 4.69) is 15.3 Å². The summed E-state index contributed by atoms with van der Waals surface area (Å²) in [5, 5.41) is 12.3. The Morgan fingerprint density at radius 2 is 1.81 bits per heavy atom. The Hall–Kier alpha value is -2.17. The van der Waals surface area contributed by atoms with Gasteiger partial charge in [-0.05, 0) is 24.5 Å². The lowest BCUT2D eigenvalue weighted by Gasteiger charge is -2.31. The molecule has 0 saturated heterocycles. The molecule has 2 rings (SSSR count). The van der Waals surface area contributed by atoms with E-state index in [9.17, 15) is 4.79 Å². The minimum atomic E-state index is -0.825. The van der Waals surface area contributed by atoms with Crippen molar-refractivity contribution in [2.75, 3.05) is 5.32 Å². The molecule has 0 aliphatic heterocycles. The van der Waals surface area contributed by atoms with Gasteiger partial charge in [0, 0.05) is 6.04 Å². The first-order valence-corrected chi connectivity index (χ1v) is 6.99. The predicted molar refractivity (Wildman–Crippen MR) is 83.4 cm³/mol. The fourth-order valence-corrected chi connectivity index (χ4v) is 2.14. The van der Waals surface area contributed by atoms with Crippen molar-refractivity contribution in [1.82, 2.24) is 9.97 Å². The number of hydrogen-bond acceptors (Lipinski definition) is 4. The number of carbonyl (C=O) groups is 1. The van der Waals surface area contributed by atoms with Crippen LogP contribution in [0, 0.1) is 12.3 Å². The minimum absolute atomic E-state index is 0.0391. The average Bonchev–Trinajstić information content (AvgIpc) is 2.37. The predicted octanol–water partition coefficient (Wildman–Crippen LogP) is 3.24. The Morgan fingerprint density at radius 1 is 1.24 bits per heavy atom. The van der Waals surface area contributed by atoms with Crippen molar-refractivity contribution >= 4 is 22.8 Å². The number of anilines is 1. The second kappa shape index (κ2) is 5.68. The molecule has 2 N–H and O–H groups in total. The van der Waals surface area contributed by atoms with Crippen molar-refractivity contribution in [2.24, 2.45) is 5.41 Å². The molecule has 21 heavy (non-hydrogen) atoms. The van der Waals surface area contributed by atoms with E-state index in [4.69, 9.17) is 5.11 Å². The molecule has 5 nitrogen and oxygen atoms in total. The Balaban J connectivity index is 2.36. The summed E-state index contributed by atoms with van der Waals surface area (Å²) < 4.78 is 0. The molecule has 0 aliphatic carbocycles. The van der Waals surface area contributed by atoms with Crippen LogP contribution in [0.1, 0.15) is 32.9 Å². The molecule has 1 heterocycles. The van der Waals surface area contributed by atoms with E-state index in [1.165, 1.54) is 0 Å². The van der Waals surface area contributed by atoms with E-state index in [0.29, 0.717) is 5.82 Å². The van der Waals surface area contributed by atoms with Crippen LogP contribution in [-0.2, 0) is 4.79 Å². The van der Waals surface area contributed by atoms with Gasteiger partial charge in [0.2, 0.25) is 0 Å². The second-order valence-corrected chi connectivity index (χ2v) is 6.31. The summed E-state index contributed by atoms with van der Waals surface area (Å²) in [4.78, 5) is 20.2. The van der Waals surface area contributed by atoms with Crippen LogP contribution in [0.5, 0.6) is 0 Å². The Labute approximate surface area is 124 Å². The quantitative estimate of drug-likeness (QED) is 0.903. The first-order valence-electron chi connectivity index (χ1n) is 6.99. The maximum Gasteiger partial charge on any atom is 0.305 e. The van der Waals surface area contributed by atoms with Gasteiger partial charge in [-0.15, -0.1) is 0 Å². The number of nitrogens with zero attached hydrogens (tertiary/aromatic N) is 2. The lowest BCUT2D eigenvalue weighted by molar-refractivity contribution is -0.137. The lowest BCUT2D eigenvalue weighted by Crippen LogP contribution is -2.36. The zero-order valence-electron chi connectivity index (χ0n) is 12.8. The number of nitrogens with one attached hydrogen (secondary N) is 1. The van der Waals surface area contributed by atoms with Gasteiger partial charge in [0.25, 0.3) is 0 Å². The SMILES string of the molecule is Cc1nc2ccccc2nc1NC(CC(=O)O)C(C)(C)C. The van der Waals surface area contributed by atoms with Gasteiger partial charge in [-0.2, -0.15) is 0 Å². The minimum Gasteiger partial charge on any atom is -0.481 e. The maximum absolute atomic E-state index is 11.1. The highest BCUT2D eigenvalue weighted by Crippen LogP contribution is 2.26. The Bertz CT molecular complexity index is 662. The van der Waals surface area contributed by atoms with Gasteiger partial charge < -0.3 is 10.4 Å². The highest BCUT2D eigenvalue weighted by molar-refractivity contribution is 5.76. The molecule has 0 radical (unpaired) electrons. The molecule has 1 aromatic carbocycles. The zero-order chi connectivity index (χ0) is 15.6. The first-order chi connectivity index (χ1) is 9.77. The topological polar surface area (TPSA) is 75.1 Å². The Kier molecular flexibility index (Phi) is 4.11. The second-order valence-electron chi connectivity index (χ2n) is 6.31. The molecule has 0 saturated carbocycles. The summed E-state index contributed by atoms with van der Waals surface area (Å²) in [5.41, 5.74) is 2.21. The maximum atomic E-state index is 11.1. The number of para-hydroxylation sites is 2. The molecule has 0 spiro atoms. The summed E-state index contributed by atoms with van der Waals surface area (Å²) in [6, 6.07) is 7.43. The van der Waals surface area contributed by atoms with E-state index < -0.39 is 5.97 Å². The number of carboxylic acid groups (broad SMARTS) is 1. The number of aromatic nitrogens is 2. The van der Waals surface area contributed by atoms with Crippen molar-refractivity contribution in [2.45, 2.75) is 40.2 Å². The zero-order valence-corrected chi connectivity index (χ0v) is 12.8. The number of carboxylic acids is 1. The van der Waals surface area contributed by atoms with Gasteiger partial charge in [-0.1, -0.05) is 32.9 Å². The van der Waals surface area contributed by atoms with E-state index >= 15 is 0 Å². The number of aliphatic carboxylic acids is 1. The van der Waals surface area contributed by atoms with Crippen LogP contribution < -0.4 is 5.32 Å². The molecule has 1 atom stereocenters. The van der Waals surface area contributed by atoms with E-state index in [1.54, 1.807) is 0 Å². The molecular weight excluding hydrogens is 266 g/mol. The summed E-state index contributed by atoms with van der Waals surface area (Å²) in [6.07, 6.45) is 0.0391. The normalized spacial score (nSPS) is 13.1. The summed E-state index contributed by atoms with van der Waals surface area (Å²) in [7, 11) is 0. The van der Waals surface area contributed by atoms with Crippen LogP contribution in [0.4, 0.5) is 5.82 Å². The smallest absolute Gasteiger partial charge is 0.305 e. The van der Waals surface area contributed by atoms with Crippen LogP contribution in [0.3, 0.4) is 0 Å². The summed E-state index contributed by atoms with van der Waals surface area (Å²) in [5.74, 6) is -0.177. The van der Waals surface area contributed by atoms with Crippen molar-refractivity contribution in [3.05, 3.63) is 30.0 Å². The molecular formula is C16H21N3O2. The molecule has 112 valence electrons. The number of hydrogen-bond donors (Lipinski definition) is 2. The number of aryl methyl sites for hydroxylation is 1. The van der Waals surface area contributed by atoms with Crippen LogP contribution in [0.25, 0.3) is 11.0 Å². The first kappa shape index (κ1) is 15.2. The lowest BCUT2D eigenvalue weighted by atomic mass is 9.84. The molecule has 0 aliphatic rings. The number of benzene rings is 1. The highest BCUT2D eigenvalue weighted by Gasteiger charge is 2.27. The fraction of sp³-hybridized carbons (Fsp3) is 0.438. The molecule has 1 unspecified atom stereocenters. The molecule has 5 heteroatoms. The van der Waals surface area contributed by atoms with Gasteiger partial charge in [0.1, 0.15) is 5.82 Å².